The summed E-state index contributed by atoms with van der Waals surface area (Å²) in [7, 11) is 3.14. The van der Waals surface area contributed by atoms with E-state index < -0.39 is 0 Å². The molecule has 2 aliphatic rings. The van der Waals surface area contributed by atoms with E-state index in [0.29, 0.717) is 11.6 Å². The Morgan fingerprint density at radius 2 is 1.75 bits per heavy atom. The van der Waals surface area contributed by atoms with Crippen LogP contribution in [0.5, 0.6) is 0 Å². The van der Waals surface area contributed by atoms with Gasteiger partial charge in [0.25, 0.3) is 0 Å². The van der Waals surface area contributed by atoms with Crippen molar-refractivity contribution in [2.24, 2.45) is 0 Å². The number of rotatable bonds is 5. The number of halogens is 1. The first kappa shape index (κ1) is 25.9. The maximum Gasteiger partial charge on any atom is 0.247 e. The molecule has 2 aliphatic heterocycles. The van der Waals surface area contributed by atoms with Gasteiger partial charge in [0.1, 0.15) is 0 Å². The Kier molecular flexibility index (Phi) is 9.12. The van der Waals surface area contributed by atoms with Crippen LogP contribution in [0.15, 0.2) is 37.1 Å². The maximum atomic E-state index is 11.6. The van der Waals surface area contributed by atoms with Crippen molar-refractivity contribution in [2.45, 2.75) is 19.3 Å². The molecule has 0 atom stereocenters. The van der Waals surface area contributed by atoms with E-state index in [1.54, 1.807) is 13.2 Å². The number of aromatic nitrogens is 5. The third kappa shape index (κ3) is 6.33. The summed E-state index contributed by atoms with van der Waals surface area (Å²) in [6, 6.07) is 5.96. The molecule has 0 radical (unpaired) electrons. The number of benzene rings is 1. The molecule has 0 aliphatic carbocycles. The third-order valence-electron chi connectivity index (χ3n) is 5.76. The van der Waals surface area contributed by atoms with Crippen molar-refractivity contribution in [1.82, 2.24) is 25.4 Å². The van der Waals surface area contributed by atoms with Crippen molar-refractivity contribution >= 4 is 70.1 Å². The Hall–Kier alpha value is -3.18. The Labute approximate surface area is 226 Å². The van der Waals surface area contributed by atoms with Gasteiger partial charge in [-0.3, -0.25) is 4.79 Å². The van der Waals surface area contributed by atoms with Gasteiger partial charge in [-0.1, -0.05) is 6.58 Å². The van der Waals surface area contributed by atoms with Gasteiger partial charge in [0.05, 0.1) is 6.20 Å². The highest BCUT2D eigenvalue weighted by Gasteiger charge is 2.23. The number of amides is 1. The van der Waals surface area contributed by atoms with Crippen LogP contribution in [-0.4, -0.2) is 64.5 Å². The highest BCUT2D eigenvalue weighted by atomic mass is 127. The summed E-state index contributed by atoms with van der Waals surface area (Å²) in [6.07, 6.45) is 6.44. The van der Waals surface area contributed by atoms with Crippen LogP contribution in [-0.2, 0) is 4.79 Å². The molecule has 1 aromatic carbocycles. The number of carbonyl (C=O) groups excluding carboxylic acids is 1. The molecule has 5 rings (SSSR count). The molecule has 2 saturated heterocycles. The lowest BCUT2D eigenvalue weighted by molar-refractivity contribution is -0.111. The van der Waals surface area contributed by atoms with Crippen molar-refractivity contribution < 1.29 is 4.79 Å². The summed E-state index contributed by atoms with van der Waals surface area (Å²) in [5.41, 5.74) is 1.34. The number of nitrogens with one attached hydrogen (secondary N) is 2. The van der Waals surface area contributed by atoms with Gasteiger partial charge in [-0.05, 0) is 63.6 Å². The van der Waals surface area contributed by atoms with Crippen LogP contribution in [0.1, 0.15) is 25.0 Å². The van der Waals surface area contributed by atoms with Gasteiger partial charge in [0.15, 0.2) is 17.3 Å². The molecule has 4 heterocycles. The zero-order chi connectivity index (χ0) is 25.3. The van der Waals surface area contributed by atoms with Crippen molar-refractivity contribution in [2.75, 3.05) is 53.7 Å². The number of fused-ring (bicyclic) bond motifs is 1. The third-order valence-corrected chi connectivity index (χ3v) is 6.60. The summed E-state index contributed by atoms with van der Waals surface area (Å²) in [4.78, 5) is 20.1. The highest BCUT2D eigenvalue weighted by molar-refractivity contribution is 14.2. The monoisotopic (exact) mass is 615 g/mol. The number of anilines is 4. The second kappa shape index (κ2) is 12.7. The molecule has 2 fully saturated rings. The summed E-state index contributed by atoms with van der Waals surface area (Å²) in [6.45, 7) is 7.58. The fourth-order valence-electron chi connectivity index (χ4n) is 3.84. The molecule has 0 unspecified atom stereocenters. The molecule has 36 heavy (non-hydrogen) atoms. The number of carbonyl (C=O) groups is 1. The Morgan fingerprint density at radius 3 is 2.31 bits per heavy atom. The maximum absolute atomic E-state index is 11.6. The number of nitrogens with zero attached hydrogens (tertiary/aromatic N) is 7. The van der Waals surface area contributed by atoms with E-state index in [4.69, 9.17) is 0 Å². The van der Waals surface area contributed by atoms with Crippen molar-refractivity contribution in [1.29, 1.82) is 0 Å². The fraction of sp³-hybridized carbons (Fsp3) is 0.333. The topological polar surface area (TPSA) is 112 Å². The quantitative estimate of drug-likeness (QED) is 0.249. The second-order valence-electron chi connectivity index (χ2n) is 8.06. The number of hydrogen-bond donors (Lipinski definition) is 2. The standard InChI is InChI=1S/C18H21N5O.C6H5IN4S/c1-2-16(24)19-13-6-7-14-15(12-13)18(23-10-5-11-23)21-20-17(14)22-8-3-4-9-22;1-8-6-9-4-5(10-11-6)2-3-12-7/h2,6-7,12H,1,3-5,8-11H2,(H,19,24);4H,1H3,(H,8,9,11). The predicted molar refractivity (Wildman–Crippen MR) is 155 cm³/mol. The molecule has 0 spiro atoms. The lowest BCUT2D eigenvalue weighted by atomic mass is 10.1. The van der Waals surface area contributed by atoms with E-state index >= 15 is 0 Å². The molecule has 0 bridgehead atoms. The van der Waals surface area contributed by atoms with E-state index in [9.17, 15) is 4.79 Å². The van der Waals surface area contributed by atoms with E-state index in [0.717, 1.165) is 54.3 Å². The van der Waals surface area contributed by atoms with Crippen LogP contribution in [0.2, 0.25) is 0 Å². The first-order chi connectivity index (χ1) is 17.6. The predicted octanol–water partition coefficient (Wildman–Crippen LogP) is 3.87. The summed E-state index contributed by atoms with van der Waals surface area (Å²) in [5, 5.41) is 27.2. The first-order valence-corrected chi connectivity index (χ1v) is 14.9. The molecule has 186 valence electrons. The lowest BCUT2D eigenvalue weighted by Crippen LogP contribution is -2.38. The Balaban J connectivity index is 0.000000214. The molecular formula is C24H26IN9OS. The van der Waals surface area contributed by atoms with Crippen molar-refractivity contribution in [3.8, 4) is 11.2 Å². The van der Waals surface area contributed by atoms with E-state index in [-0.39, 0.29) is 5.91 Å². The van der Waals surface area contributed by atoms with Crippen LogP contribution in [0.3, 0.4) is 0 Å². The number of hydrogen-bond acceptors (Lipinski definition) is 10. The fourth-order valence-corrected chi connectivity index (χ4v) is 4.31. The molecule has 2 aromatic heterocycles. The van der Waals surface area contributed by atoms with E-state index in [1.807, 2.05) is 18.2 Å². The molecule has 0 saturated carbocycles. The highest BCUT2D eigenvalue weighted by Crippen LogP contribution is 2.35. The lowest BCUT2D eigenvalue weighted by Gasteiger charge is -2.33. The van der Waals surface area contributed by atoms with Crippen molar-refractivity contribution in [3.63, 3.8) is 0 Å². The van der Waals surface area contributed by atoms with Crippen LogP contribution in [0.4, 0.5) is 23.3 Å². The second-order valence-corrected chi connectivity index (χ2v) is 9.74. The van der Waals surface area contributed by atoms with Crippen LogP contribution in [0.25, 0.3) is 10.8 Å². The first-order valence-electron chi connectivity index (χ1n) is 11.5. The minimum absolute atomic E-state index is 0.207. The van der Waals surface area contributed by atoms with Gasteiger partial charge >= 0.3 is 0 Å². The van der Waals surface area contributed by atoms with Gasteiger partial charge in [-0.15, -0.1) is 20.4 Å². The zero-order valence-corrected chi connectivity index (χ0v) is 22.8. The van der Waals surface area contributed by atoms with Gasteiger partial charge < -0.3 is 20.4 Å². The molecule has 10 nitrogen and oxygen atoms in total. The average Bonchev–Trinajstić information content (AvgIpc) is 3.42. The summed E-state index contributed by atoms with van der Waals surface area (Å²) >= 11 is 2.09. The largest absolute Gasteiger partial charge is 0.356 e. The van der Waals surface area contributed by atoms with Crippen LogP contribution >= 0.6 is 30.1 Å². The zero-order valence-electron chi connectivity index (χ0n) is 19.9. The Bertz CT molecular complexity index is 1280. The van der Waals surface area contributed by atoms with E-state index in [1.165, 1.54) is 34.3 Å². The van der Waals surface area contributed by atoms with Gasteiger partial charge in [-0.25, -0.2) is 4.98 Å². The summed E-state index contributed by atoms with van der Waals surface area (Å²) < 4.78 is 0. The van der Waals surface area contributed by atoms with Gasteiger partial charge in [-0.2, -0.15) is 0 Å². The van der Waals surface area contributed by atoms with Crippen LogP contribution in [0, 0.1) is 11.2 Å². The van der Waals surface area contributed by atoms with Gasteiger partial charge in [0, 0.05) is 70.9 Å². The van der Waals surface area contributed by atoms with E-state index in [2.05, 4.69) is 84.8 Å². The Morgan fingerprint density at radius 1 is 1.06 bits per heavy atom. The molecule has 3 aromatic rings. The average molecular weight is 616 g/mol. The summed E-state index contributed by atoms with van der Waals surface area (Å²) in [5.74, 6) is 4.95. The molecular weight excluding hydrogens is 589 g/mol. The van der Waals surface area contributed by atoms with Gasteiger partial charge in [0.2, 0.25) is 11.9 Å². The molecule has 12 heteroatoms. The van der Waals surface area contributed by atoms with Crippen molar-refractivity contribution in [3.05, 3.63) is 42.7 Å². The minimum Gasteiger partial charge on any atom is -0.356 e. The minimum atomic E-state index is -0.207. The molecule has 2 N–H and O–H groups in total. The normalized spacial score (nSPS) is 14.2. The SMILES string of the molecule is C=CC(=O)Nc1ccc2c(N3CCCC3)nnc(N3CCC3)c2c1.CNc1ncc(C#CSI)nn1. The molecule has 1 amide bonds. The van der Waals surface area contributed by atoms with Crippen LogP contribution < -0.4 is 20.4 Å². The smallest absolute Gasteiger partial charge is 0.247 e.